The van der Waals surface area contributed by atoms with Crippen molar-refractivity contribution in [3.63, 3.8) is 0 Å². The van der Waals surface area contributed by atoms with Crippen molar-refractivity contribution in [2.75, 3.05) is 0 Å². The second-order valence-electron chi connectivity index (χ2n) is 5.60. The quantitative estimate of drug-likeness (QED) is 0.854. The Morgan fingerprint density at radius 2 is 1.74 bits per heavy atom. The van der Waals surface area contributed by atoms with E-state index < -0.39 is 17.7 Å². The fourth-order valence-corrected chi connectivity index (χ4v) is 2.95. The average Bonchev–Trinajstić information content (AvgIpc) is 2.69. The van der Waals surface area contributed by atoms with Gasteiger partial charge in [0.2, 0.25) is 0 Å². The molecule has 0 unspecified atom stereocenters. The summed E-state index contributed by atoms with van der Waals surface area (Å²) in [7, 11) is 0. The van der Waals surface area contributed by atoms with Crippen molar-refractivity contribution in [2.45, 2.75) is 38.3 Å². The van der Waals surface area contributed by atoms with E-state index in [4.69, 9.17) is 0 Å². The maximum Gasteiger partial charge on any atom is 0.416 e. The highest BCUT2D eigenvalue weighted by atomic mass is 19.4. The minimum atomic E-state index is -4.40. The Balaban J connectivity index is 2.07. The lowest BCUT2D eigenvalue weighted by atomic mass is 10.1. The van der Waals surface area contributed by atoms with Gasteiger partial charge in [0.1, 0.15) is 0 Å². The molecule has 4 nitrogen and oxygen atoms in total. The number of halogens is 3. The molecule has 0 amide bonds. The van der Waals surface area contributed by atoms with E-state index in [9.17, 15) is 23.1 Å². The molecule has 0 spiro atoms. The van der Waals surface area contributed by atoms with Gasteiger partial charge in [0, 0.05) is 11.3 Å². The number of carboxylic acids is 1. The predicted molar refractivity (Wildman–Crippen MR) is 76.8 cm³/mol. The highest BCUT2D eigenvalue weighted by molar-refractivity contribution is 5.87. The van der Waals surface area contributed by atoms with Gasteiger partial charge in [0.15, 0.2) is 5.69 Å². The SMILES string of the molecule is O=C(O)c1nn(-c2ccc(C(F)(F)F)cc2)c2c1CCCCC2. The Bertz CT molecular complexity index is 733. The number of aromatic nitrogens is 2. The number of alkyl halides is 3. The van der Waals surface area contributed by atoms with E-state index >= 15 is 0 Å². The van der Waals surface area contributed by atoms with E-state index in [1.54, 1.807) is 0 Å². The Morgan fingerprint density at radius 1 is 1.09 bits per heavy atom. The lowest BCUT2D eigenvalue weighted by Gasteiger charge is -2.10. The number of rotatable bonds is 2. The molecule has 1 aliphatic rings. The molecule has 7 heteroatoms. The number of carbonyl (C=O) groups is 1. The first kappa shape index (κ1) is 15.6. The molecule has 2 aromatic rings. The highest BCUT2D eigenvalue weighted by Gasteiger charge is 2.30. The van der Waals surface area contributed by atoms with Gasteiger partial charge in [-0.3, -0.25) is 0 Å². The summed E-state index contributed by atoms with van der Waals surface area (Å²) in [6.45, 7) is 0. The van der Waals surface area contributed by atoms with E-state index in [0.717, 1.165) is 37.1 Å². The molecule has 0 atom stereocenters. The molecule has 0 saturated heterocycles. The topological polar surface area (TPSA) is 55.1 Å². The molecule has 0 saturated carbocycles. The number of fused-ring (bicyclic) bond motifs is 1. The minimum Gasteiger partial charge on any atom is -0.476 e. The molecule has 0 aliphatic heterocycles. The summed E-state index contributed by atoms with van der Waals surface area (Å²) in [5.74, 6) is -1.10. The monoisotopic (exact) mass is 324 g/mol. The third-order valence-electron chi connectivity index (χ3n) is 4.07. The molecule has 1 N–H and O–H groups in total. The predicted octanol–water partition coefficient (Wildman–Crippen LogP) is 3.86. The third kappa shape index (κ3) is 2.95. The van der Waals surface area contributed by atoms with Gasteiger partial charge in [-0.05, 0) is 49.9 Å². The Hall–Kier alpha value is -2.31. The van der Waals surface area contributed by atoms with Crippen molar-refractivity contribution in [3.8, 4) is 5.69 Å². The van der Waals surface area contributed by atoms with Gasteiger partial charge in [0.05, 0.1) is 11.3 Å². The molecular weight excluding hydrogens is 309 g/mol. The zero-order valence-corrected chi connectivity index (χ0v) is 12.2. The molecule has 23 heavy (non-hydrogen) atoms. The van der Waals surface area contributed by atoms with Crippen LogP contribution in [0.2, 0.25) is 0 Å². The van der Waals surface area contributed by atoms with Gasteiger partial charge in [-0.25, -0.2) is 9.48 Å². The second-order valence-corrected chi connectivity index (χ2v) is 5.60. The average molecular weight is 324 g/mol. The van der Waals surface area contributed by atoms with E-state index in [1.165, 1.54) is 16.8 Å². The summed E-state index contributed by atoms with van der Waals surface area (Å²) in [4.78, 5) is 11.4. The van der Waals surface area contributed by atoms with Gasteiger partial charge in [-0.2, -0.15) is 18.3 Å². The van der Waals surface area contributed by atoms with E-state index in [1.807, 2.05) is 0 Å². The summed E-state index contributed by atoms with van der Waals surface area (Å²) in [5, 5.41) is 13.5. The van der Waals surface area contributed by atoms with Gasteiger partial charge in [-0.15, -0.1) is 0 Å². The molecule has 1 aromatic heterocycles. The summed E-state index contributed by atoms with van der Waals surface area (Å²) in [5.41, 5.74) is 1.21. The van der Waals surface area contributed by atoms with Gasteiger partial charge in [-0.1, -0.05) is 6.42 Å². The maximum absolute atomic E-state index is 12.7. The summed E-state index contributed by atoms with van der Waals surface area (Å²) in [6, 6.07) is 4.63. The number of aromatic carboxylic acids is 1. The lowest BCUT2D eigenvalue weighted by molar-refractivity contribution is -0.137. The first-order chi connectivity index (χ1) is 10.9. The fraction of sp³-hybridized carbons (Fsp3) is 0.375. The first-order valence-corrected chi connectivity index (χ1v) is 7.39. The molecule has 0 bridgehead atoms. The van der Waals surface area contributed by atoms with Gasteiger partial charge in [0.25, 0.3) is 0 Å². The summed E-state index contributed by atoms with van der Waals surface area (Å²) >= 11 is 0. The van der Waals surface area contributed by atoms with Crippen LogP contribution in [0.4, 0.5) is 13.2 Å². The van der Waals surface area contributed by atoms with Crippen LogP contribution in [0.15, 0.2) is 24.3 Å². The third-order valence-corrected chi connectivity index (χ3v) is 4.07. The second kappa shape index (κ2) is 5.72. The number of carboxylic acid groups (broad SMARTS) is 1. The summed E-state index contributed by atoms with van der Waals surface area (Å²) < 4.78 is 39.5. The Morgan fingerprint density at radius 3 is 2.35 bits per heavy atom. The van der Waals surface area contributed by atoms with Gasteiger partial charge >= 0.3 is 12.1 Å². The van der Waals surface area contributed by atoms with Crippen LogP contribution < -0.4 is 0 Å². The van der Waals surface area contributed by atoms with Crippen LogP contribution in [0.1, 0.15) is 46.6 Å². The standard InChI is InChI=1S/C16H15F3N2O2/c17-16(18,19)10-6-8-11(9-7-10)21-13-5-3-1-2-4-12(13)14(20-21)15(22)23/h6-9H,1-5H2,(H,22,23). The van der Waals surface area contributed by atoms with Crippen LogP contribution in [0, 0.1) is 0 Å². The normalized spacial score (nSPS) is 15.1. The maximum atomic E-state index is 12.7. The molecule has 122 valence electrons. The van der Waals surface area contributed by atoms with Crippen LogP contribution in [0.25, 0.3) is 5.69 Å². The molecular formula is C16H15F3N2O2. The van der Waals surface area contributed by atoms with Crippen molar-refractivity contribution in [3.05, 3.63) is 46.8 Å². The van der Waals surface area contributed by atoms with Crippen molar-refractivity contribution in [2.24, 2.45) is 0 Å². The number of nitrogens with zero attached hydrogens (tertiary/aromatic N) is 2. The van der Waals surface area contributed by atoms with E-state index in [-0.39, 0.29) is 5.69 Å². The highest BCUT2D eigenvalue weighted by Crippen LogP contribution is 2.31. The van der Waals surface area contributed by atoms with Gasteiger partial charge < -0.3 is 5.11 Å². The minimum absolute atomic E-state index is 0.00166. The Labute approximate surface area is 130 Å². The molecule has 3 rings (SSSR count). The first-order valence-electron chi connectivity index (χ1n) is 7.39. The van der Waals surface area contributed by atoms with Crippen LogP contribution in [-0.2, 0) is 19.0 Å². The van der Waals surface area contributed by atoms with E-state index in [0.29, 0.717) is 24.1 Å². The number of hydrogen-bond acceptors (Lipinski definition) is 2. The van der Waals surface area contributed by atoms with Crippen molar-refractivity contribution < 1.29 is 23.1 Å². The Kier molecular flexibility index (Phi) is 3.87. The molecule has 1 heterocycles. The van der Waals surface area contributed by atoms with Crippen LogP contribution in [0.5, 0.6) is 0 Å². The van der Waals surface area contributed by atoms with Crippen LogP contribution >= 0.6 is 0 Å². The molecule has 0 radical (unpaired) electrons. The fourth-order valence-electron chi connectivity index (χ4n) is 2.95. The van der Waals surface area contributed by atoms with Crippen molar-refractivity contribution in [1.29, 1.82) is 0 Å². The van der Waals surface area contributed by atoms with Crippen molar-refractivity contribution in [1.82, 2.24) is 9.78 Å². The van der Waals surface area contributed by atoms with E-state index in [2.05, 4.69) is 5.10 Å². The number of benzene rings is 1. The zero-order valence-electron chi connectivity index (χ0n) is 12.2. The summed E-state index contributed by atoms with van der Waals surface area (Å²) in [6.07, 6.45) is -0.273. The molecule has 1 aliphatic carbocycles. The van der Waals surface area contributed by atoms with Crippen LogP contribution in [0.3, 0.4) is 0 Å². The smallest absolute Gasteiger partial charge is 0.416 e. The molecule has 0 fully saturated rings. The lowest BCUT2D eigenvalue weighted by Crippen LogP contribution is -2.07. The number of hydrogen-bond donors (Lipinski definition) is 1. The molecule has 1 aromatic carbocycles. The van der Waals surface area contributed by atoms with Crippen molar-refractivity contribution >= 4 is 5.97 Å². The van der Waals surface area contributed by atoms with Crippen LogP contribution in [-0.4, -0.2) is 20.9 Å². The zero-order chi connectivity index (χ0) is 16.6. The largest absolute Gasteiger partial charge is 0.476 e.